The van der Waals surface area contributed by atoms with Crippen LogP contribution in [-0.2, 0) is 4.79 Å². The molecule has 2 aliphatic rings. The monoisotopic (exact) mass is 355 g/mol. The summed E-state index contributed by atoms with van der Waals surface area (Å²) >= 11 is 0. The third kappa shape index (κ3) is 3.43. The Morgan fingerprint density at radius 2 is 2.08 bits per heavy atom. The molecule has 1 atom stereocenters. The number of carbonyl (C=O) groups is 1. The molecule has 2 saturated heterocycles. The second-order valence-electron chi connectivity index (χ2n) is 7.46. The number of rotatable bonds is 5. The number of carbonyl (C=O) groups excluding carboxylic acids is 1. The first-order valence-electron chi connectivity index (χ1n) is 9.93. The molecule has 0 aliphatic carbocycles. The Balaban J connectivity index is 1.48. The highest BCUT2D eigenvalue weighted by Crippen LogP contribution is 2.32. The average Bonchev–Trinajstić information content (AvgIpc) is 3.35. The van der Waals surface area contributed by atoms with E-state index < -0.39 is 0 Å². The molecule has 4 rings (SSSR count). The highest BCUT2D eigenvalue weighted by Gasteiger charge is 2.31. The molecular weight excluding hydrogens is 326 g/mol. The summed E-state index contributed by atoms with van der Waals surface area (Å²) in [4.78, 5) is 22.2. The van der Waals surface area contributed by atoms with E-state index in [1.165, 1.54) is 19.3 Å². The van der Waals surface area contributed by atoms with Crippen LogP contribution in [0.3, 0.4) is 0 Å². The molecule has 6 heteroatoms. The molecular formula is C20H29N5O. The van der Waals surface area contributed by atoms with Gasteiger partial charge in [0.05, 0.1) is 17.3 Å². The molecule has 4 heterocycles. The Morgan fingerprint density at radius 3 is 2.88 bits per heavy atom. The molecule has 0 bridgehead atoms. The van der Waals surface area contributed by atoms with Crippen LogP contribution < -0.4 is 5.32 Å². The summed E-state index contributed by atoms with van der Waals surface area (Å²) in [5, 5.41) is 3.19. The van der Waals surface area contributed by atoms with Gasteiger partial charge >= 0.3 is 0 Å². The summed E-state index contributed by atoms with van der Waals surface area (Å²) in [6, 6.07) is 4.18. The molecule has 2 aliphatic heterocycles. The summed E-state index contributed by atoms with van der Waals surface area (Å²) in [6.45, 7) is 4.04. The molecule has 2 aromatic rings. The Hall–Kier alpha value is -2.08. The van der Waals surface area contributed by atoms with Gasteiger partial charge < -0.3 is 19.5 Å². The summed E-state index contributed by atoms with van der Waals surface area (Å²) < 4.78 is 2.10. The van der Waals surface area contributed by atoms with E-state index >= 15 is 0 Å². The van der Waals surface area contributed by atoms with Crippen LogP contribution in [0.15, 0.2) is 24.5 Å². The van der Waals surface area contributed by atoms with Crippen molar-refractivity contribution in [2.75, 3.05) is 38.5 Å². The van der Waals surface area contributed by atoms with Crippen LogP contribution in [-0.4, -0.2) is 58.3 Å². The average molecular weight is 355 g/mol. The molecule has 6 nitrogen and oxygen atoms in total. The third-order valence-corrected chi connectivity index (χ3v) is 5.78. The summed E-state index contributed by atoms with van der Waals surface area (Å²) in [7, 11) is 1.90. The van der Waals surface area contributed by atoms with E-state index in [1.54, 1.807) is 0 Å². The van der Waals surface area contributed by atoms with E-state index in [0.717, 1.165) is 56.0 Å². The van der Waals surface area contributed by atoms with Gasteiger partial charge in [-0.3, -0.25) is 4.79 Å². The standard InChI is InChI=1S/C20H29N5O/c1-21-20-18-8-5-12-24(18)15-16(22-20)17-7-6-13-25(17)19(26)9-14-23-10-3-2-4-11-23/h5,8,12,15,17H,2-4,6-7,9-11,13-14H2,1H3,(H,21,22)/t17-/m1/s1. The normalized spacial score (nSPS) is 21.4. The van der Waals surface area contributed by atoms with Crippen LogP contribution >= 0.6 is 0 Å². The fraction of sp³-hybridized carbons (Fsp3) is 0.600. The predicted molar refractivity (Wildman–Crippen MR) is 103 cm³/mol. The maximum absolute atomic E-state index is 12.9. The van der Waals surface area contributed by atoms with Gasteiger partial charge in [-0.1, -0.05) is 6.42 Å². The van der Waals surface area contributed by atoms with Crippen molar-refractivity contribution in [2.24, 2.45) is 0 Å². The fourth-order valence-corrected chi connectivity index (χ4v) is 4.36. The lowest BCUT2D eigenvalue weighted by Crippen LogP contribution is -2.36. The first-order valence-corrected chi connectivity index (χ1v) is 9.93. The molecule has 0 radical (unpaired) electrons. The van der Waals surface area contributed by atoms with Crippen molar-refractivity contribution in [3.63, 3.8) is 0 Å². The first kappa shape index (κ1) is 17.3. The van der Waals surface area contributed by atoms with Crippen molar-refractivity contribution in [3.05, 3.63) is 30.2 Å². The van der Waals surface area contributed by atoms with E-state index in [4.69, 9.17) is 4.98 Å². The second-order valence-corrected chi connectivity index (χ2v) is 7.46. The fourth-order valence-electron chi connectivity index (χ4n) is 4.36. The minimum absolute atomic E-state index is 0.0998. The zero-order valence-corrected chi connectivity index (χ0v) is 15.7. The number of hydrogen-bond donors (Lipinski definition) is 1. The molecule has 0 spiro atoms. The predicted octanol–water partition coefficient (Wildman–Crippen LogP) is 2.92. The van der Waals surface area contributed by atoms with Crippen molar-refractivity contribution in [2.45, 2.75) is 44.6 Å². The largest absolute Gasteiger partial charge is 0.371 e. The third-order valence-electron chi connectivity index (χ3n) is 5.78. The lowest BCUT2D eigenvalue weighted by atomic mass is 10.1. The number of nitrogens with one attached hydrogen (secondary N) is 1. The number of piperidine rings is 1. The molecule has 0 unspecified atom stereocenters. The molecule has 2 fully saturated rings. The van der Waals surface area contributed by atoms with Crippen molar-refractivity contribution in [1.29, 1.82) is 0 Å². The van der Waals surface area contributed by atoms with Gasteiger partial charge in [0.25, 0.3) is 0 Å². The van der Waals surface area contributed by atoms with E-state index in [-0.39, 0.29) is 11.9 Å². The lowest BCUT2D eigenvalue weighted by Gasteiger charge is -2.29. The van der Waals surface area contributed by atoms with E-state index in [9.17, 15) is 4.79 Å². The van der Waals surface area contributed by atoms with Crippen molar-refractivity contribution in [1.82, 2.24) is 19.2 Å². The van der Waals surface area contributed by atoms with E-state index in [2.05, 4.69) is 31.8 Å². The van der Waals surface area contributed by atoms with Crippen LogP contribution in [0.2, 0.25) is 0 Å². The summed E-state index contributed by atoms with van der Waals surface area (Å²) in [6.07, 6.45) is 10.7. The number of fused-ring (bicyclic) bond motifs is 1. The van der Waals surface area contributed by atoms with Crippen molar-refractivity contribution >= 4 is 17.2 Å². The number of amides is 1. The second kappa shape index (κ2) is 7.66. The molecule has 1 N–H and O–H groups in total. The maximum atomic E-state index is 12.9. The highest BCUT2D eigenvalue weighted by atomic mass is 16.2. The van der Waals surface area contributed by atoms with Crippen LogP contribution in [0, 0.1) is 0 Å². The first-order chi connectivity index (χ1) is 12.8. The van der Waals surface area contributed by atoms with Gasteiger partial charge in [-0.15, -0.1) is 0 Å². The van der Waals surface area contributed by atoms with Crippen LogP contribution in [0.5, 0.6) is 0 Å². The van der Waals surface area contributed by atoms with Gasteiger partial charge in [-0.05, 0) is 50.9 Å². The molecule has 1 amide bonds. The van der Waals surface area contributed by atoms with Crippen LogP contribution in [0.25, 0.3) is 5.52 Å². The molecule has 140 valence electrons. The number of anilines is 1. The Morgan fingerprint density at radius 1 is 1.23 bits per heavy atom. The van der Waals surface area contributed by atoms with Gasteiger partial charge in [-0.2, -0.15) is 0 Å². The Kier molecular flexibility index (Phi) is 5.11. The molecule has 2 aromatic heterocycles. The lowest BCUT2D eigenvalue weighted by molar-refractivity contribution is -0.132. The molecule has 26 heavy (non-hydrogen) atoms. The summed E-state index contributed by atoms with van der Waals surface area (Å²) in [5.74, 6) is 1.15. The van der Waals surface area contributed by atoms with E-state index in [0.29, 0.717) is 6.42 Å². The summed E-state index contributed by atoms with van der Waals surface area (Å²) in [5.41, 5.74) is 2.05. The topological polar surface area (TPSA) is 52.9 Å². The Labute approximate surface area is 155 Å². The molecule has 0 saturated carbocycles. The van der Waals surface area contributed by atoms with Gasteiger partial charge in [0.15, 0.2) is 0 Å². The number of hydrogen-bond acceptors (Lipinski definition) is 4. The smallest absolute Gasteiger partial charge is 0.224 e. The number of likely N-dealkylation sites (tertiary alicyclic amines) is 2. The number of nitrogens with zero attached hydrogens (tertiary/aromatic N) is 4. The van der Waals surface area contributed by atoms with Gasteiger partial charge in [0, 0.05) is 39.0 Å². The van der Waals surface area contributed by atoms with Gasteiger partial charge in [0.2, 0.25) is 5.91 Å². The minimum Gasteiger partial charge on any atom is -0.371 e. The van der Waals surface area contributed by atoms with Crippen LogP contribution in [0.1, 0.15) is 50.3 Å². The van der Waals surface area contributed by atoms with Crippen LogP contribution in [0.4, 0.5) is 5.82 Å². The number of aromatic nitrogens is 2. The van der Waals surface area contributed by atoms with Crippen molar-refractivity contribution < 1.29 is 4.79 Å². The zero-order valence-electron chi connectivity index (χ0n) is 15.7. The Bertz CT molecular complexity index is 765. The van der Waals surface area contributed by atoms with Crippen molar-refractivity contribution in [3.8, 4) is 0 Å². The zero-order chi connectivity index (χ0) is 17.9. The molecule has 0 aromatic carbocycles. The highest BCUT2D eigenvalue weighted by molar-refractivity contribution is 5.77. The van der Waals surface area contributed by atoms with Gasteiger partial charge in [-0.25, -0.2) is 4.98 Å². The SMILES string of the molecule is CNc1nc([C@H]2CCCN2C(=O)CCN2CCCCC2)cn2cccc12. The quantitative estimate of drug-likeness (QED) is 0.896. The maximum Gasteiger partial charge on any atom is 0.224 e. The van der Waals surface area contributed by atoms with E-state index in [1.807, 2.05) is 19.3 Å². The van der Waals surface area contributed by atoms with Gasteiger partial charge in [0.1, 0.15) is 5.82 Å². The minimum atomic E-state index is 0.0998.